The fraction of sp³-hybridized carbons (Fsp3) is 0.308. The van der Waals surface area contributed by atoms with E-state index in [4.69, 9.17) is 0 Å². The molecule has 0 radical (unpaired) electrons. The summed E-state index contributed by atoms with van der Waals surface area (Å²) < 4.78 is 0. The molecule has 0 saturated heterocycles. The molecule has 0 aliphatic heterocycles. The monoisotopic (exact) mass is 247 g/mol. The molecule has 18 heavy (non-hydrogen) atoms. The van der Waals surface area contributed by atoms with Crippen LogP contribution in [0.2, 0.25) is 0 Å². The highest BCUT2D eigenvalue weighted by Crippen LogP contribution is 1.99. The number of nitrogens with one attached hydrogen (secondary N) is 2. The van der Waals surface area contributed by atoms with Crippen LogP contribution in [0.25, 0.3) is 0 Å². The Balaban J connectivity index is 2.42. The van der Waals surface area contributed by atoms with Gasteiger partial charge in [-0.2, -0.15) is 5.10 Å². The van der Waals surface area contributed by atoms with Crippen LogP contribution in [0, 0.1) is 6.92 Å². The molecule has 0 aliphatic rings. The van der Waals surface area contributed by atoms with Crippen molar-refractivity contribution in [3.05, 3.63) is 35.4 Å². The minimum atomic E-state index is -0.758. The quantitative estimate of drug-likeness (QED) is 0.473. The fourth-order valence-corrected chi connectivity index (χ4v) is 1.19. The van der Waals surface area contributed by atoms with E-state index in [9.17, 15) is 9.59 Å². The molecule has 0 saturated carbocycles. The summed E-state index contributed by atoms with van der Waals surface area (Å²) in [7, 11) is 0. The van der Waals surface area contributed by atoms with E-state index in [1.54, 1.807) is 0 Å². The van der Waals surface area contributed by atoms with Gasteiger partial charge < -0.3 is 5.32 Å². The Morgan fingerprint density at radius 2 is 1.89 bits per heavy atom. The van der Waals surface area contributed by atoms with E-state index in [1.165, 1.54) is 6.21 Å². The van der Waals surface area contributed by atoms with Crippen molar-refractivity contribution in [2.75, 3.05) is 6.54 Å². The Hall–Kier alpha value is -2.17. The van der Waals surface area contributed by atoms with Gasteiger partial charge in [-0.1, -0.05) is 36.8 Å². The molecule has 0 heterocycles. The molecular formula is C13H17N3O2. The summed E-state index contributed by atoms with van der Waals surface area (Å²) in [5.41, 5.74) is 4.18. The topological polar surface area (TPSA) is 70.6 Å². The van der Waals surface area contributed by atoms with Crippen LogP contribution in [0.15, 0.2) is 29.4 Å². The molecule has 0 bridgehead atoms. The summed E-state index contributed by atoms with van der Waals surface area (Å²) in [6.07, 6.45) is 2.27. The summed E-state index contributed by atoms with van der Waals surface area (Å²) in [5.74, 6) is -1.43. The van der Waals surface area contributed by atoms with Crippen molar-refractivity contribution in [2.45, 2.75) is 20.3 Å². The second-order valence-corrected chi connectivity index (χ2v) is 3.87. The van der Waals surface area contributed by atoms with Crippen LogP contribution >= 0.6 is 0 Å². The molecule has 0 aliphatic carbocycles. The third-order valence-corrected chi connectivity index (χ3v) is 2.20. The smallest absolute Gasteiger partial charge is 0.329 e. The van der Waals surface area contributed by atoms with Gasteiger partial charge in [0.2, 0.25) is 0 Å². The lowest BCUT2D eigenvalue weighted by Crippen LogP contribution is -2.38. The first-order valence-electron chi connectivity index (χ1n) is 5.81. The SMILES string of the molecule is CCCNC(=O)C(=O)N/N=C\c1ccc(C)cc1. The van der Waals surface area contributed by atoms with E-state index in [-0.39, 0.29) is 0 Å². The van der Waals surface area contributed by atoms with E-state index in [0.29, 0.717) is 6.54 Å². The zero-order valence-electron chi connectivity index (χ0n) is 10.6. The lowest BCUT2D eigenvalue weighted by Gasteiger charge is -2.01. The van der Waals surface area contributed by atoms with Crippen molar-refractivity contribution in [1.82, 2.24) is 10.7 Å². The van der Waals surface area contributed by atoms with Gasteiger partial charge in [0.15, 0.2) is 0 Å². The third-order valence-electron chi connectivity index (χ3n) is 2.20. The number of benzene rings is 1. The average molecular weight is 247 g/mol. The molecule has 1 aromatic carbocycles. The summed E-state index contributed by atoms with van der Waals surface area (Å²) in [5, 5.41) is 6.18. The van der Waals surface area contributed by atoms with Crippen molar-refractivity contribution in [1.29, 1.82) is 0 Å². The Bertz CT molecular complexity index is 438. The van der Waals surface area contributed by atoms with Gasteiger partial charge in [0.1, 0.15) is 0 Å². The maximum Gasteiger partial charge on any atom is 0.329 e. The number of carbonyl (C=O) groups excluding carboxylic acids is 2. The molecule has 1 aromatic rings. The van der Waals surface area contributed by atoms with E-state index < -0.39 is 11.8 Å². The zero-order valence-corrected chi connectivity index (χ0v) is 10.6. The normalized spacial score (nSPS) is 10.3. The van der Waals surface area contributed by atoms with Gasteiger partial charge in [0, 0.05) is 6.54 Å². The summed E-state index contributed by atoms with van der Waals surface area (Å²) >= 11 is 0. The highest BCUT2D eigenvalue weighted by molar-refractivity contribution is 6.35. The molecule has 0 aromatic heterocycles. The summed E-state index contributed by atoms with van der Waals surface area (Å²) in [6.45, 7) is 4.38. The van der Waals surface area contributed by atoms with Crippen LogP contribution in [-0.2, 0) is 9.59 Å². The molecular weight excluding hydrogens is 230 g/mol. The number of aryl methyl sites for hydroxylation is 1. The van der Waals surface area contributed by atoms with Gasteiger partial charge in [0.05, 0.1) is 6.21 Å². The molecule has 1 rings (SSSR count). The van der Waals surface area contributed by atoms with Gasteiger partial charge in [0.25, 0.3) is 0 Å². The predicted molar refractivity (Wildman–Crippen MR) is 70.2 cm³/mol. The van der Waals surface area contributed by atoms with Crippen molar-refractivity contribution < 1.29 is 9.59 Å². The molecule has 5 heteroatoms. The molecule has 5 nitrogen and oxygen atoms in total. The second-order valence-electron chi connectivity index (χ2n) is 3.87. The van der Waals surface area contributed by atoms with Crippen LogP contribution in [0.3, 0.4) is 0 Å². The minimum Gasteiger partial charge on any atom is -0.348 e. The maximum atomic E-state index is 11.3. The van der Waals surface area contributed by atoms with E-state index in [1.807, 2.05) is 38.1 Å². The van der Waals surface area contributed by atoms with Crippen LogP contribution in [0.5, 0.6) is 0 Å². The molecule has 0 atom stereocenters. The molecule has 0 fully saturated rings. The highest BCUT2D eigenvalue weighted by atomic mass is 16.2. The minimum absolute atomic E-state index is 0.480. The molecule has 2 amide bonds. The van der Waals surface area contributed by atoms with Crippen molar-refractivity contribution in [2.24, 2.45) is 5.10 Å². The number of amides is 2. The zero-order chi connectivity index (χ0) is 13.4. The number of hydrazone groups is 1. The van der Waals surface area contributed by atoms with Gasteiger partial charge in [-0.15, -0.1) is 0 Å². The van der Waals surface area contributed by atoms with Crippen molar-refractivity contribution >= 4 is 18.0 Å². The highest BCUT2D eigenvalue weighted by Gasteiger charge is 2.10. The van der Waals surface area contributed by atoms with Crippen molar-refractivity contribution in [3.8, 4) is 0 Å². The Labute approximate surface area is 106 Å². The Kier molecular flexibility index (Phi) is 5.57. The van der Waals surface area contributed by atoms with E-state index in [0.717, 1.165) is 17.5 Å². The lowest BCUT2D eigenvalue weighted by molar-refractivity contribution is -0.139. The van der Waals surface area contributed by atoms with Gasteiger partial charge in [-0.3, -0.25) is 9.59 Å². The fourth-order valence-electron chi connectivity index (χ4n) is 1.19. The van der Waals surface area contributed by atoms with E-state index >= 15 is 0 Å². The number of hydrogen-bond acceptors (Lipinski definition) is 3. The molecule has 0 spiro atoms. The van der Waals surface area contributed by atoms with Crippen LogP contribution < -0.4 is 10.7 Å². The third kappa shape index (κ3) is 4.78. The van der Waals surface area contributed by atoms with Gasteiger partial charge in [-0.05, 0) is 18.9 Å². The average Bonchev–Trinajstić information content (AvgIpc) is 2.38. The van der Waals surface area contributed by atoms with Gasteiger partial charge >= 0.3 is 11.8 Å². The van der Waals surface area contributed by atoms with Crippen molar-refractivity contribution in [3.63, 3.8) is 0 Å². The number of carbonyl (C=O) groups is 2. The Morgan fingerprint density at radius 3 is 2.50 bits per heavy atom. The first kappa shape index (κ1) is 13.9. The molecule has 96 valence electrons. The van der Waals surface area contributed by atoms with Crippen LogP contribution in [-0.4, -0.2) is 24.6 Å². The lowest BCUT2D eigenvalue weighted by atomic mass is 10.2. The van der Waals surface area contributed by atoms with Crippen LogP contribution in [0.4, 0.5) is 0 Å². The Morgan fingerprint density at radius 1 is 1.22 bits per heavy atom. The largest absolute Gasteiger partial charge is 0.348 e. The first-order chi connectivity index (χ1) is 8.63. The molecule has 0 unspecified atom stereocenters. The first-order valence-corrected chi connectivity index (χ1v) is 5.81. The maximum absolute atomic E-state index is 11.3. The van der Waals surface area contributed by atoms with Gasteiger partial charge in [-0.25, -0.2) is 5.43 Å². The second kappa shape index (κ2) is 7.21. The summed E-state index contributed by atoms with van der Waals surface area (Å²) in [6, 6.07) is 7.64. The number of rotatable bonds is 4. The van der Waals surface area contributed by atoms with E-state index in [2.05, 4.69) is 15.8 Å². The predicted octanol–water partition coefficient (Wildman–Crippen LogP) is 0.971. The number of nitrogens with zero attached hydrogens (tertiary/aromatic N) is 1. The number of hydrogen-bond donors (Lipinski definition) is 2. The van der Waals surface area contributed by atoms with Crippen LogP contribution in [0.1, 0.15) is 24.5 Å². The standard InChI is InChI=1S/C13H17N3O2/c1-3-8-14-12(17)13(18)16-15-9-11-6-4-10(2)5-7-11/h4-7,9H,3,8H2,1-2H3,(H,14,17)(H,16,18)/b15-9-. The molecule has 2 N–H and O–H groups in total. The summed E-state index contributed by atoms with van der Waals surface area (Å²) in [4.78, 5) is 22.4.